The standard InChI is InChI=1S/C23H29N6O8P/c1-4-9-17-21(25)26-14-27-29(17)23(13-24)20(31)19(30)18(36-23)12-35-38(33,28-15(3)22(32)34-5-2)37-16-10-7-6-8-11-16/h4,6-11,14-15,18-20,30-31H,1,5,12H2,2-3H3,(H,28,33)(H2,25,26,27)/b17-9-/t15-,18+,19+,20+,23+,38?/m0/s1. The van der Waals surface area contributed by atoms with Crippen molar-refractivity contribution in [2.75, 3.05) is 13.2 Å². The predicted octanol–water partition coefficient (Wildman–Crippen LogP) is 0.758. The summed E-state index contributed by atoms with van der Waals surface area (Å²) in [6.07, 6.45) is -1.12. The van der Waals surface area contributed by atoms with E-state index in [4.69, 9.17) is 24.3 Å². The summed E-state index contributed by atoms with van der Waals surface area (Å²) in [6.45, 7) is 6.07. The topological polar surface area (TPSA) is 201 Å². The number of benzene rings is 1. The summed E-state index contributed by atoms with van der Waals surface area (Å²) >= 11 is 0. The average Bonchev–Trinajstić information content (AvgIpc) is 3.15. The second-order valence-corrected chi connectivity index (χ2v) is 9.74. The molecule has 1 unspecified atom stereocenters. The van der Waals surface area contributed by atoms with Gasteiger partial charge in [0.2, 0.25) is 0 Å². The van der Waals surface area contributed by atoms with Gasteiger partial charge in [0.1, 0.15) is 48.2 Å². The normalized spacial score (nSPS) is 28.2. The number of carbonyl (C=O) groups is 1. The molecule has 0 bridgehead atoms. The summed E-state index contributed by atoms with van der Waals surface area (Å²) in [7, 11) is -4.30. The maximum Gasteiger partial charge on any atom is 0.459 e. The van der Waals surface area contributed by atoms with Crippen LogP contribution in [-0.4, -0.2) is 76.7 Å². The molecule has 0 spiro atoms. The van der Waals surface area contributed by atoms with Crippen molar-refractivity contribution in [2.45, 2.75) is 43.9 Å². The number of esters is 1. The summed E-state index contributed by atoms with van der Waals surface area (Å²) in [5, 5.41) is 39.1. The molecular weight excluding hydrogens is 519 g/mol. The maximum absolute atomic E-state index is 13.6. The number of nitrogens with two attached hydrogens (primary N) is 1. The highest BCUT2D eigenvalue weighted by molar-refractivity contribution is 7.52. The van der Waals surface area contributed by atoms with Crippen molar-refractivity contribution >= 4 is 25.9 Å². The van der Waals surface area contributed by atoms with Crippen molar-refractivity contribution in [3.05, 3.63) is 54.8 Å². The van der Waals surface area contributed by atoms with Gasteiger partial charge >= 0.3 is 13.7 Å². The molecule has 2 heterocycles. The minimum atomic E-state index is -4.30. The van der Waals surface area contributed by atoms with E-state index >= 15 is 0 Å². The molecule has 14 nitrogen and oxygen atoms in total. The third-order valence-electron chi connectivity index (χ3n) is 5.41. The number of nitriles is 1. The number of aliphatic hydroxyl groups is 2. The van der Waals surface area contributed by atoms with Crippen molar-refractivity contribution in [1.29, 1.82) is 5.26 Å². The van der Waals surface area contributed by atoms with Gasteiger partial charge in [0.15, 0.2) is 5.84 Å². The van der Waals surface area contributed by atoms with Crippen LogP contribution in [0.1, 0.15) is 13.8 Å². The second kappa shape index (κ2) is 12.3. The van der Waals surface area contributed by atoms with Gasteiger partial charge in [0.25, 0.3) is 5.72 Å². The molecule has 38 heavy (non-hydrogen) atoms. The lowest BCUT2D eigenvalue weighted by Gasteiger charge is -2.36. The Morgan fingerprint density at radius 2 is 2.16 bits per heavy atom. The summed E-state index contributed by atoms with van der Waals surface area (Å²) in [5.41, 5.74) is 3.73. The molecule has 1 aromatic carbocycles. The molecule has 0 amide bonds. The highest BCUT2D eigenvalue weighted by Gasteiger charge is 2.60. The van der Waals surface area contributed by atoms with Crippen LogP contribution in [0.3, 0.4) is 0 Å². The monoisotopic (exact) mass is 548 g/mol. The number of nitrogens with zero attached hydrogens (tertiary/aromatic N) is 4. The maximum atomic E-state index is 13.6. The third kappa shape index (κ3) is 6.11. The number of aliphatic imine (C=N–C) groups is 1. The Kier molecular flexibility index (Phi) is 9.40. The number of carbonyl (C=O) groups excluding carboxylic acids is 1. The van der Waals surface area contributed by atoms with E-state index in [0.717, 1.165) is 11.3 Å². The first-order valence-corrected chi connectivity index (χ1v) is 13.0. The summed E-state index contributed by atoms with van der Waals surface area (Å²) in [6, 6.07) is 8.76. The molecule has 5 N–H and O–H groups in total. The van der Waals surface area contributed by atoms with Crippen LogP contribution in [0.5, 0.6) is 5.75 Å². The Bertz CT molecular complexity index is 1200. The van der Waals surface area contributed by atoms with Gasteiger partial charge in [-0.15, -0.1) is 0 Å². The quantitative estimate of drug-likeness (QED) is 0.224. The SMILES string of the molecule is C=C/C=C1/C(N)=NC=NN1[C@]1(C#N)O[C@H](COP(=O)(N[C@@H](C)C(=O)OCC)Oc2ccccc2)[C@@H](O)[C@H]1O. The number of rotatable bonds is 11. The molecule has 1 aromatic rings. The smallest absolute Gasteiger partial charge is 0.459 e. The molecule has 6 atom stereocenters. The van der Waals surface area contributed by atoms with Gasteiger partial charge in [-0.1, -0.05) is 30.9 Å². The fourth-order valence-electron chi connectivity index (χ4n) is 3.60. The van der Waals surface area contributed by atoms with E-state index in [-0.39, 0.29) is 23.9 Å². The Labute approximate surface area is 219 Å². The minimum Gasteiger partial charge on any atom is -0.465 e. The Hall–Kier alpha value is -3.57. The van der Waals surface area contributed by atoms with E-state index < -0.39 is 50.4 Å². The van der Waals surface area contributed by atoms with Crippen molar-refractivity contribution in [3.8, 4) is 11.8 Å². The van der Waals surface area contributed by atoms with E-state index in [1.54, 1.807) is 25.1 Å². The van der Waals surface area contributed by atoms with E-state index in [1.165, 1.54) is 31.2 Å². The van der Waals surface area contributed by atoms with Crippen molar-refractivity contribution in [2.24, 2.45) is 15.8 Å². The van der Waals surface area contributed by atoms with Gasteiger partial charge in [-0.2, -0.15) is 15.5 Å². The molecule has 1 fully saturated rings. The number of allylic oxidation sites excluding steroid dienone is 2. The Balaban J connectivity index is 1.84. The number of hydrogen-bond acceptors (Lipinski definition) is 13. The van der Waals surface area contributed by atoms with E-state index in [9.17, 15) is 24.8 Å². The highest BCUT2D eigenvalue weighted by atomic mass is 31.2. The number of nitrogens with one attached hydrogen (secondary N) is 1. The lowest BCUT2D eigenvalue weighted by atomic mass is 10.0. The zero-order chi connectivity index (χ0) is 27.9. The van der Waals surface area contributed by atoms with Gasteiger partial charge in [-0.05, 0) is 32.1 Å². The molecule has 0 aromatic heterocycles. The van der Waals surface area contributed by atoms with Crippen LogP contribution < -0.4 is 15.3 Å². The Morgan fingerprint density at radius 3 is 2.79 bits per heavy atom. The van der Waals surface area contributed by atoms with Crippen LogP contribution in [0, 0.1) is 11.3 Å². The van der Waals surface area contributed by atoms with Gasteiger partial charge in [0.05, 0.1) is 13.2 Å². The molecule has 2 aliphatic heterocycles. The van der Waals surface area contributed by atoms with Gasteiger partial charge < -0.3 is 29.9 Å². The lowest BCUT2D eigenvalue weighted by molar-refractivity contribution is -0.144. The van der Waals surface area contributed by atoms with Crippen molar-refractivity contribution in [1.82, 2.24) is 10.1 Å². The number of para-hydroxylation sites is 1. The molecule has 3 rings (SSSR count). The predicted molar refractivity (Wildman–Crippen MR) is 135 cm³/mol. The van der Waals surface area contributed by atoms with Crippen LogP contribution in [0.25, 0.3) is 0 Å². The molecule has 204 valence electrons. The zero-order valence-electron chi connectivity index (χ0n) is 20.7. The molecule has 1 saturated heterocycles. The first-order valence-electron chi connectivity index (χ1n) is 11.5. The fraction of sp³-hybridized carbons (Fsp3) is 0.391. The largest absolute Gasteiger partial charge is 0.465 e. The van der Waals surface area contributed by atoms with Gasteiger partial charge in [-0.25, -0.2) is 14.6 Å². The minimum absolute atomic E-state index is 0.0440. The van der Waals surface area contributed by atoms with Crippen molar-refractivity contribution in [3.63, 3.8) is 0 Å². The second-order valence-electron chi connectivity index (χ2n) is 8.05. The summed E-state index contributed by atoms with van der Waals surface area (Å²) < 4.78 is 35.4. The van der Waals surface area contributed by atoms with Crippen LogP contribution in [-0.2, 0) is 23.4 Å². The summed E-state index contributed by atoms with van der Waals surface area (Å²) in [4.78, 5) is 16.0. The van der Waals surface area contributed by atoms with Gasteiger partial charge in [-0.3, -0.25) is 9.32 Å². The van der Waals surface area contributed by atoms with Crippen molar-refractivity contribution < 1.29 is 38.1 Å². The number of aliphatic hydroxyl groups excluding tert-OH is 2. The number of hydrogen-bond donors (Lipinski definition) is 4. The highest BCUT2D eigenvalue weighted by Crippen LogP contribution is 2.46. The average molecular weight is 548 g/mol. The van der Waals surface area contributed by atoms with Crippen LogP contribution in [0.4, 0.5) is 0 Å². The molecule has 0 radical (unpaired) electrons. The van der Waals surface area contributed by atoms with Crippen LogP contribution in [0.15, 0.2) is 64.9 Å². The number of hydrazone groups is 1. The first kappa shape index (κ1) is 29.0. The van der Waals surface area contributed by atoms with Crippen LogP contribution >= 0.6 is 7.75 Å². The zero-order valence-corrected chi connectivity index (χ0v) is 21.6. The fourth-order valence-corrected chi connectivity index (χ4v) is 5.10. The number of amidine groups is 1. The Morgan fingerprint density at radius 1 is 1.45 bits per heavy atom. The molecule has 2 aliphatic rings. The van der Waals surface area contributed by atoms with E-state index in [1.807, 2.05) is 6.07 Å². The number of ether oxygens (including phenoxy) is 2. The summed E-state index contributed by atoms with van der Waals surface area (Å²) in [5.74, 6) is -0.583. The lowest BCUT2D eigenvalue weighted by Crippen LogP contribution is -2.55. The third-order valence-corrected chi connectivity index (χ3v) is 7.05. The molecule has 15 heteroatoms. The van der Waals surface area contributed by atoms with E-state index in [2.05, 4.69) is 21.8 Å². The van der Waals surface area contributed by atoms with Crippen LogP contribution in [0.2, 0.25) is 0 Å². The molecule has 0 aliphatic carbocycles. The van der Waals surface area contributed by atoms with E-state index in [0.29, 0.717) is 0 Å². The van der Waals surface area contributed by atoms with Gasteiger partial charge in [0, 0.05) is 0 Å². The molecule has 0 saturated carbocycles. The molecular formula is C23H29N6O8P. The first-order chi connectivity index (χ1) is 18.1.